The van der Waals surface area contributed by atoms with Crippen LogP contribution < -0.4 is 5.73 Å². The van der Waals surface area contributed by atoms with Gasteiger partial charge in [0.15, 0.2) is 0 Å². The fourth-order valence-electron chi connectivity index (χ4n) is 4.37. The lowest BCUT2D eigenvalue weighted by Crippen LogP contribution is -2.66. The van der Waals surface area contributed by atoms with E-state index in [4.69, 9.17) is 5.73 Å². The van der Waals surface area contributed by atoms with Gasteiger partial charge in [-0.25, -0.2) is 4.98 Å². The number of allylic oxidation sites excluding steroid dienone is 2. The van der Waals surface area contributed by atoms with Crippen LogP contribution in [-0.4, -0.2) is 27.1 Å². The van der Waals surface area contributed by atoms with E-state index in [1.807, 2.05) is 6.20 Å². The number of aliphatic hydroxyl groups is 1. The molecular formula is C19H22F3N3O. The fraction of sp³-hybridized carbons (Fsp3) is 0.526. The van der Waals surface area contributed by atoms with Crippen LogP contribution in [0.15, 0.2) is 30.2 Å². The van der Waals surface area contributed by atoms with Crippen LogP contribution in [-0.2, 0) is 6.18 Å². The van der Waals surface area contributed by atoms with Gasteiger partial charge in [0.25, 0.3) is 0 Å². The highest BCUT2D eigenvalue weighted by Gasteiger charge is 2.60. The third-order valence-electron chi connectivity index (χ3n) is 5.90. The lowest BCUT2D eigenvalue weighted by Gasteiger charge is -2.66. The normalized spacial score (nSPS) is 32.3. The molecular weight excluding hydrogens is 343 g/mol. The molecule has 5 rings (SSSR count). The molecule has 2 heterocycles. The Balaban J connectivity index is 1.74. The molecule has 0 amide bonds. The van der Waals surface area contributed by atoms with Crippen molar-refractivity contribution in [2.75, 3.05) is 12.3 Å². The summed E-state index contributed by atoms with van der Waals surface area (Å²) in [4.78, 5) is 5.90. The predicted octanol–water partition coefficient (Wildman–Crippen LogP) is 3.94. The van der Waals surface area contributed by atoms with Gasteiger partial charge in [-0.15, -0.1) is 0 Å². The molecule has 1 aliphatic heterocycles. The lowest BCUT2D eigenvalue weighted by molar-refractivity contribution is -0.137. The van der Waals surface area contributed by atoms with Crippen molar-refractivity contribution >= 4 is 11.4 Å². The van der Waals surface area contributed by atoms with E-state index in [1.165, 1.54) is 6.20 Å². The largest absolute Gasteiger partial charge is 0.419 e. The molecule has 0 spiro atoms. The minimum absolute atomic E-state index is 0.0376. The number of nitrogens with zero attached hydrogens (tertiary/aromatic N) is 2. The first-order valence-electron chi connectivity index (χ1n) is 8.95. The van der Waals surface area contributed by atoms with Gasteiger partial charge in [0.2, 0.25) is 0 Å². The predicted molar refractivity (Wildman–Crippen MR) is 92.6 cm³/mol. The topological polar surface area (TPSA) is 62.4 Å². The Kier molecular flexibility index (Phi) is 4.02. The minimum atomic E-state index is -4.53. The van der Waals surface area contributed by atoms with Crippen molar-refractivity contribution in [1.82, 2.24) is 9.88 Å². The van der Waals surface area contributed by atoms with E-state index in [1.54, 1.807) is 0 Å². The zero-order valence-electron chi connectivity index (χ0n) is 14.4. The van der Waals surface area contributed by atoms with Crippen LogP contribution in [0.1, 0.15) is 49.7 Å². The van der Waals surface area contributed by atoms with Gasteiger partial charge >= 0.3 is 6.18 Å². The molecule has 0 unspecified atom stereocenters. The smallest absolute Gasteiger partial charge is 0.390 e. The number of pyridine rings is 1. The monoisotopic (exact) mass is 365 g/mol. The summed E-state index contributed by atoms with van der Waals surface area (Å²) < 4.78 is 39.6. The van der Waals surface area contributed by atoms with Gasteiger partial charge in [0.1, 0.15) is 5.82 Å². The standard InChI is InChI=1S/C19H22F3N3O/c20-19(21,22)16-5-14(9-24-17(16)23)13-3-1-2-4-15(11-26)25(10-13)18-6-12(7-18)8-18/h4-5,9-10,12,26H,1-3,6-8,11H2,(H2,23,24)/b13-10+,15-4-. The third-order valence-corrected chi connectivity index (χ3v) is 5.90. The number of hydrogen-bond donors (Lipinski definition) is 2. The summed E-state index contributed by atoms with van der Waals surface area (Å²) in [5.74, 6) is 0.257. The Morgan fingerprint density at radius 2 is 2.04 bits per heavy atom. The van der Waals surface area contributed by atoms with E-state index in [9.17, 15) is 18.3 Å². The SMILES string of the molecule is Nc1ncc(/C2=C/N(C34CC(C3)C4)/C(CO)=C\CCC2)cc1C(F)(F)F. The maximum Gasteiger partial charge on any atom is 0.419 e. The summed E-state index contributed by atoms with van der Waals surface area (Å²) in [5.41, 5.74) is 6.68. The van der Waals surface area contributed by atoms with E-state index >= 15 is 0 Å². The molecule has 3 saturated carbocycles. The average Bonchev–Trinajstić information content (AvgIpc) is 2.46. The highest BCUT2D eigenvalue weighted by Crippen LogP contribution is 2.62. The zero-order valence-corrected chi connectivity index (χ0v) is 14.4. The summed E-state index contributed by atoms with van der Waals surface area (Å²) in [5, 5.41) is 9.81. The van der Waals surface area contributed by atoms with Crippen LogP contribution in [0.5, 0.6) is 0 Å². The van der Waals surface area contributed by atoms with Crippen molar-refractivity contribution in [3.63, 3.8) is 0 Å². The van der Waals surface area contributed by atoms with E-state index in [-0.39, 0.29) is 12.1 Å². The average molecular weight is 365 g/mol. The van der Waals surface area contributed by atoms with E-state index < -0.39 is 17.6 Å². The van der Waals surface area contributed by atoms with Crippen LogP contribution in [0, 0.1) is 5.92 Å². The van der Waals surface area contributed by atoms with Crippen molar-refractivity contribution in [1.29, 1.82) is 0 Å². The summed E-state index contributed by atoms with van der Waals surface area (Å²) in [6, 6.07) is 1.10. The highest BCUT2D eigenvalue weighted by atomic mass is 19.4. The van der Waals surface area contributed by atoms with Gasteiger partial charge in [-0.05, 0) is 61.6 Å². The fourth-order valence-corrected chi connectivity index (χ4v) is 4.37. The molecule has 2 bridgehead atoms. The van der Waals surface area contributed by atoms with Gasteiger partial charge in [-0.3, -0.25) is 0 Å². The molecule has 7 heteroatoms. The van der Waals surface area contributed by atoms with Gasteiger partial charge in [0.05, 0.1) is 12.2 Å². The summed E-state index contributed by atoms with van der Waals surface area (Å²) >= 11 is 0. The molecule has 4 nitrogen and oxygen atoms in total. The van der Waals surface area contributed by atoms with Crippen LogP contribution >= 0.6 is 0 Å². The molecule has 4 aliphatic rings. The van der Waals surface area contributed by atoms with E-state index in [0.29, 0.717) is 12.0 Å². The molecule has 0 radical (unpaired) electrons. The zero-order chi connectivity index (χ0) is 18.5. The number of rotatable bonds is 3. The third kappa shape index (κ3) is 2.78. The second kappa shape index (κ2) is 6.01. The highest BCUT2D eigenvalue weighted by molar-refractivity contribution is 5.67. The Labute approximate surface area is 150 Å². The first-order chi connectivity index (χ1) is 12.3. The molecule has 26 heavy (non-hydrogen) atoms. The van der Waals surface area contributed by atoms with Crippen LogP contribution in [0.25, 0.3) is 5.57 Å². The molecule has 1 aromatic heterocycles. The summed E-state index contributed by atoms with van der Waals surface area (Å²) in [6.45, 7) is -0.0655. The minimum Gasteiger partial charge on any atom is -0.390 e. The van der Waals surface area contributed by atoms with Crippen molar-refractivity contribution in [3.05, 3.63) is 41.4 Å². The van der Waals surface area contributed by atoms with Gasteiger partial charge in [0, 0.05) is 23.6 Å². The van der Waals surface area contributed by atoms with Crippen molar-refractivity contribution < 1.29 is 18.3 Å². The van der Waals surface area contributed by atoms with E-state index in [2.05, 4.69) is 16.0 Å². The van der Waals surface area contributed by atoms with Crippen LogP contribution in [0.3, 0.4) is 0 Å². The van der Waals surface area contributed by atoms with Gasteiger partial charge in [-0.1, -0.05) is 6.08 Å². The Morgan fingerprint density at radius 3 is 2.62 bits per heavy atom. The van der Waals surface area contributed by atoms with Crippen LogP contribution in [0.4, 0.5) is 19.0 Å². The Bertz CT molecular complexity index is 768. The van der Waals surface area contributed by atoms with Gasteiger partial charge < -0.3 is 15.7 Å². The number of halogens is 3. The Morgan fingerprint density at radius 1 is 1.31 bits per heavy atom. The van der Waals surface area contributed by atoms with E-state index in [0.717, 1.165) is 55.4 Å². The summed E-state index contributed by atoms with van der Waals surface area (Å²) in [7, 11) is 0. The van der Waals surface area contributed by atoms with Crippen molar-refractivity contribution in [2.24, 2.45) is 5.92 Å². The molecule has 3 aliphatic carbocycles. The van der Waals surface area contributed by atoms with Gasteiger partial charge in [-0.2, -0.15) is 13.2 Å². The summed E-state index contributed by atoms with van der Waals surface area (Å²) in [6.07, 6.45) is 6.39. The number of hydrogen-bond acceptors (Lipinski definition) is 4. The maximum atomic E-state index is 13.2. The molecule has 0 aromatic carbocycles. The first-order valence-corrected chi connectivity index (χ1v) is 8.95. The number of alkyl halides is 3. The number of nitrogens with two attached hydrogens (primary N) is 1. The molecule has 1 aromatic rings. The first kappa shape index (κ1) is 17.4. The second-order valence-corrected chi connectivity index (χ2v) is 7.63. The number of anilines is 1. The molecule has 3 fully saturated rings. The number of nitrogen functional groups attached to an aromatic ring is 1. The molecule has 140 valence electrons. The molecule has 0 atom stereocenters. The van der Waals surface area contributed by atoms with Crippen molar-refractivity contribution in [3.8, 4) is 0 Å². The lowest BCUT2D eigenvalue weighted by atomic mass is 9.49. The quantitative estimate of drug-likeness (QED) is 0.852. The maximum absolute atomic E-state index is 13.2. The molecule has 3 N–H and O–H groups in total. The second-order valence-electron chi connectivity index (χ2n) is 7.63. The Hall–Kier alpha value is -2.02. The number of aliphatic hydroxyl groups excluding tert-OH is 1. The van der Waals surface area contributed by atoms with Crippen LogP contribution in [0.2, 0.25) is 0 Å². The number of aromatic nitrogens is 1. The van der Waals surface area contributed by atoms with Crippen molar-refractivity contribution in [2.45, 2.75) is 50.2 Å². The molecule has 0 saturated heterocycles.